The fourth-order valence-electron chi connectivity index (χ4n) is 1.79. The average Bonchev–Trinajstić information content (AvgIpc) is 2.75. The predicted molar refractivity (Wildman–Crippen MR) is 69.1 cm³/mol. The molecule has 3 heteroatoms. The van der Waals surface area contributed by atoms with Crippen molar-refractivity contribution in [3.05, 3.63) is 23.7 Å². The molecule has 96 valence electrons. The highest BCUT2D eigenvalue weighted by atomic mass is 16.3. The summed E-state index contributed by atoms with van der Waals surface area (Å²) in [4.78, 5) is 14.3. The van der Waals surface area contributed by atoms with Crippen molar-refractivity contribution in [2.24, 2.45) is 0 Å². The second-order valence-corrected chi connectivity index (χ2v) is 4.54. The average molecular weight is 237 g/mol. The monoisotopic (exact) mass is 237 g/mol. The molecule has 0 aliphatic rings. The standard InChI is InChI=1S/C14H23NO2/c1-5-7-9-15(12(4)6-2)14(16)13-11(3)8-10-17-13/h8,10,12H,5-7,9H2,1-4H3. The van der Waals surface area contributed by atoms with Gasteiger partial charge in [0.05, 0.1) is 6.26 Å². The number of furan rings is 1. The van der Waals surface area contributed by atoms with Gasteiger partial charge in [0.2, 0.25) is 0 Å². The maximum atomic E-state index is 12.4. The van der Waals surface area contributed by atoms with Gasteiger partial charge < -0.3 is 9.32 Å². The molecular weight excluding hydrogens is 214 g/mol. The third kappa shape index (κ3) is 3.35. The van der Waals surface area contributed by atoms with Crippen molar-refractivity contribution in [2.75, 3.05) is 6.54 Å². The fourth-order valence-corrected chi connectivity index (χ4v) is 1.79. The van der Waals surface area contributed by atoms with Crippen molar-refractivity contribution in [1.29, 1.82) is 0 Å². The molecule has 0 bridgehead atoms. The van der Waals surface area contributed by atoms with Crippen molar-refractivity contribution in [3.8, 4) is 0 Å². The quantitative estimate of drug-likeness (QED) is 0.757. The minimum absolute atomic E-state index is 0.0234. The van der Waals surface area contributed by atoms with Gasteiger partial charge in [0.15, 0.2) is 5.76 Å². The zero-order valence-electron chi connectivity index (χ0n) is 11.3. The van der Waals surface area contributed by atoms with Crippen LogP contribution in [-0.4, -0.2) is 23.4 Å². The molecule has 3 nitrogen and oxygen atoms in total. The Labute approximate surface area is 104 Å². The summed E-state index contributed by atoms with van der Waals surface area (Å²) < 4.78 is 5.29. The van der Waals surface area contributed by atoms with E-state index in [-0.39, 0.29) is 11.9 Å². The van der Waals surface area contributed by atoms with Crippen LogP contribution in [0.4, 0.5) is 0 Å². The van der Waals surface area contributed by atoms with Gasteiger partial charge in [0, 0.05) is 18.2 Å². The van der Waals surface area contributed by atoms with Crippen molar-refractivity contribution in [1.82, 2.24) is 4.90 Å². The molecule has 1 atom stereocenters. The number of unbranched alkanes of at least 4 members (excludes halogenated alkanes) is 1. The molecular formula is C14H23NO2. The summed E-state index contributed by atoms with van der Waals surface area (Å²) in [7, 11) is 0. The highest BCUT2D eigenvalue weighted by Crippen LogP contribution is 2.16. The maximum Gasteiger partial charge on any atom is 0.290 e. The molecule has 0 saturated carbocycles. The van der Waals surface area contributed by atoms with Crippen LogP contribution in [0.25, 0.3) is 0 Å². The van der Waals surface area contributed by atoms with Crippen molar-refractivity contribution in [3.63, 3.8) is 0 Å². The number of carbonyl (C=O) groups is 1. The van der Waals surface area contributed by atoms with E-state index in [1.54, 1.807) is 6.26 Å². The van der Waals surface area contributed by atoms with Gasteiger partial charge in [-0.1, -0.05) is 20.3 Å². The van der Waals surface area contributed by atoms with Crippen LogP contribution in [0.5, 0.6) is 0 Å². The highest BCUT2D eigenvalue weighted by molar-refractivity contribution is 5.93. The van der Waals surface area contributed by atoms with E-state index >= 15 is 0 Å². The summed E-state index contributed by atoms with van der Waals surface area (Å²) in [6.45, 7) is 9.05. The van der Waals surface area contributed by atoms with E-state index in [0.29, 0.717) is 5.76 Å². The number of hydrogen-bond donors (Lipinski definition) is 0. The highest BCUT2D eigenvalue weighted by Gasteiger charge is 2.23. The van der Waals surface area contributed by atoms with Crippen LogP contribution in [0.1, 0.15) is 56.2 Å². The normalized spacial score (nSPS) is 12.5. The first-order chi connectivity index (χ1) is 8.11. The van der Waals surface area contributed by atoms with Gasteiger partial charge >= 0.3 is 0 Å². The van der Waals surface area contributed by atoms with Crippen molar-refractivity contribution >= 4 is 5.91 Å². The Morgan fingerprint density at radius 2 is 2.18 bits per heavy atom. The first-order valence-corrected chi connectivity index (χ1v) is 6.46. The maximum absolute atomic E-state index is 12.4. The number of aryl methyl sites for hydroxylation is 1. The summed E-state index contributed by atoms with van der Waals surface area (Å²) in [5, 5.41) is 0. The van der Waals surface area contributed by atoms with Crippen LogP contribution in [0, 0.1) is 6.92 Å². The Kier molecular flexibility index (Phi) is 5.26. The lowest BCUT2D eigenvalue weighted by Gasteiger charge is -2.28. The van der Waals surface area contributed by atoms with Gasteiger partial charge in [-0.25, -0.2) is 0 Å². The third-order valence-electron chi connectivity index (χ3n) is 3.19. The Morgan fingerprint density at radius 1 is 1.47 bits per heavy atom. The lowest BCUT2D eigenvalue weighted by Crippen LogP contribution is -2.39. The van der Waals surface area contributed by atoms with Crippen molar-refractivity contribution in [2.45, 2.75) is 53.0 Å². The number of hydrogen-bond acceptors (Lipinski definition) is 2. The van der Waals surface area contributed by atoms with Crippen molar-refractivity contribution < 1.29 is 9.21 Å². The predicted octanol–water partition coefficient (Wildman–Crippen LogP) is 3.63. The molecule has 1 aromatic heterocycles. The molecule has 0 spiro atoms. The zero-order chi connectivity index (χ0) is 12.8. The summed E-state index contributed by atoms with van der Waals surface area (Å²) in [5.74, 6) is 0.511. The molecule has 1 rings (SSSR count). The molecule has 0 radical (unpaired) electrons. The third-order valence-corrected chi connectivity index (χ3v) is 3.19. The summed E-state index contributed by atoms with van der Waals surface area (Å²) in [6, 6.07) is 2.10. The van der Waals surface area contributed by atoms with E-state index in [1.165, 1.54) is 0 Å². The van der Waals surface area contributed by atoms with Crippen LogP contribution < -0.4 is 0 Å². The molecule has 0 aliphatic heterocycles. The van der Waals surface area contributed by atoms with Gasteiger partial charge in [0.25, 0.3) is 5.91 Å². The van der Waals surface area contributed by atoms with E-state index in [4.69, 9.17) is 4.42 Å². The molecule has 1 amide bonds. The minimum Gasteiger partial charge on any atom is -0.459 e. The SMILES string of the molecule is CCCCN(C(=O)c1occc1C)C(C)CC. The van der Waals surface area contributed by atoms with E-state index in [1.807, 2.05) is 17.9 Å². The molecule has 1 aromatic rings. The van der Waals surface area contributed by atoms with Gasteiger partial charge in [-0.3, -0.25) is 4.79 Å². The summed E-state index contributed by atoms with van der Waals surface area (Å²) >= 11 is 0. The van der Waals surface area contributed by atoms with E-state index in [0.717, 1.165) is 31.4 Å². The number of carbonyl (C=O) groups excluding carboxylic acids is 1. The van der Waals surface area contributed by atoms with Crippen LogP contribution in [0.15, 0.2) is 16.7 Å². The van der Waals surface area contributed by atoms with Crippen LogP contribution in [0.2, 0.25) is 0 Å². The molecule has 0 aromatic carbocycles. The van der Waals surface area contributed by atoms with E-state index < -0.39 is 0 Å². The first kappa shape index (κ1) is 13.8. The molecule has 0 aliphatic carbocycles. The Balaban J connectivity index is 2.82. The molecule has 0 saturated heterocycles. The largest absolute Gasteiger partial charge is 0.459 e. The van der Waals surface area contributed by atoms with Gasteiger partial charge in [-0.15, -0.1) is 0 Å². The molecule has 1 heterocycles. The Bertz CT molecular complexity index is 357. The second-order valence-electron chi connectivity index (χ2n) is 4.54. The van der Waals surface area contributed by atoms with E-state index in [2.05, 4.69) is 20.8 Å². The molecule has 0 N–H and O–H groups in total. The lowest BCUT2D eigenvalue weighted by atomic mass is 10.1. The first-order valence-electron chi connectivity index (χ1n) is 6.46. The van der Waals surface area contributed by atoms with Gasteiger partial charge in [-0.2, -0.15) is 0 Å². The van der Waals surface area contributed by atoms with Gasteiger partial charge in [-0.05, 0) is 32.8 Å². The summed E-state index contributed by atoms with van der Waals surface area (Å²) in [6.07, 6.45) is 4.68. The number of amides is 1. The molecule has 17 heavy (non-hydrogen) atoms. The zero-order valence-corrected chi connectivity index (χ0v) is 11.3. The number of rotatable bonds is 6. The minimum atomic E-state index is 0.0234. The van der Waals surface area contributed by atoms with Crippen LogP contribution in [0.3, 0.4) is 0 Å². The smallest absolute Gasteiger partial charge is 0.290 e. The van der Waals surface area contributed by atoms with E-state index in [9.17, 15) is 4.79 Å². The second kappa shape index (κ2) is 6.48. The Hall–Kier alpha value is -1.25. The topological polar surface area (TPSA) is 33.5 Å². The fraction of sp³-hybridized carbons (Fsp3) is 0.643. The van der Waals surface area contributed by atoms with Crippen LogP contribution >= 0.6 is 0 Å². The Morgan fingerprint density at radius 3 is 2.65 bits per heavy atom. The lowest BCUT2D eigenvalue weighted by molar-refractivity contribution is 0.0651. The molecule has 0 fully saturated rings. The summed E-state index contributed by atoms with van der Waals surface area (Å²) in [5.41, 5.74) is 0.916. The van der Waals surface area contributed by atoms with Crippen LogP contribution in [-0.2, 0) is 0 Å². The molecule has 1 unspecified atom stereocenters. The number of nitrogens with zero attached hydrogens (tertiary/aromatic N) is 1. The van der Waals surface area contributed by atoms with Gasteiger partial charge in [0.1, 0.15) is 0 Å².